The number of unbranched alkanes of at least 4 members (excludes halogenated alkanes) is 5. The Morgan fingerprint density at radius 2 is 1.76 bits per heavy atom. The first-order valence-electron chi connectivity index (χ1n) is 9.82. The number of imidazole rings is 1. The highest BCUT2D eigenvalue weighted by atomic mass is 16.6. The molecule has 5 heteroatoms. The van der Waals surface area contributed by atoms with Gasteiger partial charge in [-0.15, -0.1) is 0 Å². The molecule has 2 aromatic rings. The molecule has 25 heavy (non-hydrogen) atoms. The Bertz CT molecular complexity index is 681. The van der Waals surface area contributed by atoms with Gasteiger partial charge in [-0.3, -0.25) is 0 Å². The molecule has 1 aromatic carbocycles. The fourth-order valence-electron chi connectivity index (χ4n) is 3.45. The highest BCUT2D eigenvalue weighted by Crippen LogP contribution is 2.35. The van der Waals surface area contributed by atoms with E-state index >= 15 is 0 Å². The second kappa shape index (κ2) is 9.09. The van der Waals surface area contributed by atoms with Crippen LogP contribution in [0.4, 0.5) is 0 Å². The van der Waals surface area contributed by atoms with Crippen LogP contribution in [0.25, 0.3) is 11.0 Å². The normalized spacial score (nSPS) is 13.5. The number of nitrogens with zero attached hydrogens (tertiary/aromatic N) is 2. The zero-order valence-corrected chi connectivity index (χ0v) is 15.4. The summed E-state index contributed by atoms with van der Waals surface area (Å²) in [6, 6.07) is 4.15. The first-order chi connectivity index (χ1) is 12.3. The molecule has 0 saturated carbocycles. The largest absolute Gasteiger partial charge is 0.486 e. The zero-order chi connectivity index (χ0) is 17.5. The van der Waals surface area contributed by atoms with Crippen LogP contribution in [0.2, 0.25) is 0 Å². The maximum absolute atomic E-state index is 5.77. The first-order valence-corrected chi connectivity index (χ1v) is 9.82. The SMILES string of the molecule is CCCCCCn1c(CCCCCN)nc2cc3c(cc21)OCCO3. The van der Waals surface area contributed by atoms with Crippen LogP contribution in [0, 0.1) is 0 Å². The standard InChI is InChI=1S/C20H31N3O2/c1-2-3-4-8-11-23-17-15-19-18(24-12-13-25-19)14-16(17)22-20(23)9-6-5-7-10-21/h14-15H,2-13,21H2,1H3. The summed E-state index contributed by atoms with van der Waals surface area (Å²) in [5, 5.41) is 0. The smallest absolute Gasteiger partial charge is 0.163 e. The van der Waals surface area contributed by atoms with Gasteiger partial charge < -0.3 is 19.8 Å². The van der Waals surface area contributed by atoms with Crippen LogP contribution in [0.1, 0.15) is 57.7 Å². The van der Waals surface area contributed by atoms with Crippen molar-refractivity contribution >= 4 is 11.0 Å². The highest BCUT2D eigenvalue weighted by Gasteiger charge is 2.17. The third kappa shape index (κ3) is 4.46. The lowest BCUT2D eigenvalue weighted by Crippen LogP contribution is -2.15. The molecule has 5 nitrogen and oxygen atoms in total. The Hall–Kier alpha value is -1.75. The monoisotopic (exact) mass is 345 g/mol. The lowest BCUT2D eigenvalue weighted by Gasteiger charge is -2.18. The average Bonchev–Trinajstić information content (AvgIpc) is 2.97. The third-order valence-corrected chi connectivity index (χ3v) is 4.83. The van der Waals surface area contributed by atoms with Crippen molar-refractivity contribution in [2.24, 2.45) is 5.73 Å². The number of benzene rings is 1. The van der Waals surface area contributed by atoms with Crippen LogP contribution in [-0.2, 0) is 13.0 Å². The molecule has 0 radical (unpaired) electrons. The Morgan fingerprint density at radius 1 is 1.00 bits per heavy atom. The number of fused-ring (bicyclic) bond motifs is 2. The molecule has 3 rings (SSSR count). The van der Waals surface area contributed by atoms with E-state index in [2.05, 4.69) is 17.6 Å². The van der Waals surface area contributed by atoms with E-state index in [-0.39, 0.29) is 0 Å². The molecule has 0 aliphatic carbocycles. The molecule has 0 spiro atoms. The van der Waals surface area contributed by atoms with Crippen LogP contribution in [0.15, 0.2) is 12.1 Å². The molecule has 0 bridgehead atoms. The van der Waals surface area contributed by atoms with Crippen molar-refractivity contribution in [1.29, 1.82) is 0 Å². The molecule has 2 heterocycles. The summed E-state index contributed by atoms with van der Waals surface area (Å²) in [5.41, 5.74) is 7.81. The van der Waals surface area contributed by atoms with Crippen LogP contribution in [0.3, 0.4) is 0 Å². The van der Waals surface area contributed by atoms with E-state index in [1.165, 1.54) is 37.0 Å². The van der Waals surface area contributed by atoms with Crippen molar-refractivity contribution in [3.63, 3.8) is 0 Å². The molecule has 0 unspecified atom stereocenters. The number of aromatic nitrogens is 2. The minimum absolute atomic E-state index is 0.613. The first kappa shape index (κ1) is 18.1. The van der Waals surface area contributed by atoms with Crippen LogP contribution in [0.5, 0.6) is 11.5 Å². The summed E-state index contributed by atoms with van der Waals surface area (Å²) in [6.45, 7) is 5.29. The maximum atomic E-state index is 5.77. The number of rotatable bonds is 10. The average molecular weight is 345 g/mol. The predicted octanol–water partition coefficient (Wildman–Crippen LogP) is 4.06. The molecule has 1 aliphatic heterocycles. The molecule has 1 aromatic heterocycles. The summed E-state index contributed by atoms with van der Waals surface area (Å²) >= 11 is 0. The number of nitrogens with two attached hydrogens (primary N) is 1. The summed E-state index contributed by atoms with van der Waals surface area (Å²) in [6.07, 6.45) is 9.43. The van der Waals surface area contributed by atoms with E-state index in [9.17, 15) is 0 Å². The van der Waals surface area contributed by atoms with Crippen LogP contribution < -0.4 is 15.2 Å². The fourth-order valence-corrected chi connectivity index (χ4v) is 3.45. The summed E-state index contributed by atoms with van der Waals surface area (Å²) in [4.78, 5) is 4.91. The Labute approximate surface area is 150 Å². The second-order valence-corrected chi connectivity index (χ2v) is 6.82. The fraction of sp³-hybridized carbons (Fsp3) is 0.650. The van der Waals surface area contributed by atoms with Crippen molar-refractivity contribution < 1.29 is 9.47 Å². The van der Waals surface area contributed by atoms with Gasteiger partial charge in [0.05, 0.1) is 11.0 Å². The summed E-state index contributed by atoms with van der Waals surface area (Å²) < 4.78 is 13.9. The van der Waals surface area contributed by atoms with E-state index in [4.69, 9.17) is 20.2 Å². The minimum Gasteiger partial charge on any atom is -0.486 e. The quantitative estimate of drug-likeness (QED) is 0.660. The van der Waals surface area contributed by atoms with Crippen molar-refractivity contribution in [2.45, 2.75) is 64.8 Å². The number of ether oxygens (including phenoxy) is 2. The highest BCUT2D eigenvalue weighted by molar-refractivity contribution is 5.80. The number of aryl methyl sites for hydroxylation is 2. The van der Waals surface area contributed by atoms with Crippen molar-refractivity contribution in [1.82, 2.24) is 9.55 Å². The molecule has 138 valence electrons. The molecule has 0 amide bonds. The van der Waals surface area contributed by atoms with E-state index in [0.717, 1.165) is 55.8 Å². The van der Waals surface area contributed by atoms with Gasteiger partial charge in [0.2, 0.25) is 0 Å². The van der Waals surface area contributed by atoms with E-state index in [1.807, 2.05) is 6.07 Å². The topological polar surface area (TPSA) is 62.3 Å². The van der Waals surface area contributed by atoms with Gasteiger partial charge >= 0.3 is 0 Å². The van der Waals surface area contributed by atoms with E-state index < -0.39 is 0 Å². The van der Waals surface area contributed by atoms with Crippen LogP contribution in [-0.4, -0.2) is 29.3 Å². The second-order valence-electron chi connectivity index (χ2n) is 6.82. The Balaban J connectivity index is 1.83. The molecule has 1 aliphatic rings. The Morgan fingerprint density at radius 3 is 2.52 bits per heavy atom. The molecule has 0 saturated heterocycles. The molecule has 2 N–H and O–H groups in total. The molecule has 0 atom stereocenters. The van der Waals surface area contributed by atoms with Gasteiger partial charge in [-0.25, -0.2) is 4.98 Å². The van der Waals surface area contributed by atoms with Gasteiger partial charge in [0.1, 0.15) is 19.0 Å². The molecular weight excluding hydrogens is 314 g/mol. The van der Waals surface area contributed by atoms with Gasteiger partial charge in [-0.2, -0.15) is 0 Å². The van der Waals surface area contributed by atoms with Gasteiger partial charge in [0, 0.05) is 25.1 Å². The number of hydrogen-bond acceptors (Lipinski definition) is 4. The van der Waals surface area contributed by atoms with Gasteiger partial charge in [-0.05, 0) is 25.8 Å². The summed E-state index contributed by atoms with van der Waals surface area (Å²) in [5.74, 6) is 2.86. The Kier molecular flexibility index (Phi) is 6.56. The lowest BCUT2D eigenvalue weighted by molar-refractivity contribution is 0.172. The van der Waals surface area contributed by atoms with E-state index in [0.29, 0.717) is 13.2 Å². The summed E-state index contributed by atoms with van der Waals surface area (Å²) in [7, 11) is 0. The van der Waals surface area contributed by atoms with E-state index in [1.54, 1.807) is 0 Å². The van der Waals surface area contributed by atoms with Gasteiger partial charge in [0.15, 0.2) is 11.5 Å². The van der Waals surface area contributed by atoms with Crippen molar-refractivity contribution in [3.05, 3.63) is 18.0 Å². The maximum Gasteiger partial charge on any atom is 0.163 e. The minimum atomic E-state index is 0.613. The lowest BCUT2D eigenvalue weighted by atomic mass is 10.1. The van der Waals surface area contributed by atoms with Crippen molar-refractivity contribution in [2.75, 3.05) is 19.8 Å². The third-order valence-electron chi connectivity index (χ3n) is 4.83. The molecule has 0 fully saturated rings. The number of hydrogen-bond donors (Lipinski definition) is 1. The van der Waals surface area contributed by atoms with Gasteiger partial charge in [0.25, 0.3) is 0 Å². The zero-order valence-electron chi connectivity index (χ0n) is 15.4. The predicted molar refractivity (Wildman–Crippen MR) is 101 cm³/mol. The molecular formula is C20H31N3O2. The van der Waals surface area contributed by atoms with Gasteiger partial charge in [-0.1, -0.05) is 32.6 Å². The van der Waals surface area contributed by atoms with Crippen LogP contribution >= 0.6 is 0 Å². The van der Waals surface area contributed by atoms with Crippen molar-refractivity contribution in [3.8, 4) is 11.5 Å².